The molecule has 0 unspecified atom stereocenters. The van der Waals surface area contributed by atoms with Crippen LogP contribution in [0.1, 0.15) is 148 Å². The molecule has 0 atom stereocenters. The first-order chi connectivity index (χ1) is 56.0. The minimum atomic E-state index is -1.86. The molecule has 4 nitrogen and oxygen atoms in total. The Hall–Kier alpha value is -10.9. The van der Waals surface area contributed by atoms with Crippen molar-refractivity contribution in [2.45, 2.75) is 135 Å². The minimum Gasteiger partial charge on any atom is -0.310 e. The van der Waals surface area contributed by atoms with E-state index >= 15 is 0 Å². The van der Waals surface area contributed by atoms with Gasteiger partial charge in [-0.2, -0.15) is 0 Å². The Morgan fingerprint density at radius 2 is 0.664 bits per heavy atom. The van der Waals surface area contributed by atoms with Gasteiger partial charge in [0.05, 0.1) is 44.4 Å². The quantitative estimate of drug-likeness (QED) is 0.113. The lowest BCUT2D eigenvalue weighted by Gasteiger charge is -2.46. The van der Waals surface area contributed by atoms with E-state index in [0.29, 0.717) is 44.3 Å². The van der Waals surface area contributed by atoms with Gasteiger partial charge in [0.25, 0.3) is 6.71 Å². The van der Waals surface area contributed by atoms with Gasteiger partial charge in [-0.25, -0.2) is 0 Å². The van der Waals surface area contributed by atoms with Gasteiger partial charge in [-0.05, 0) is 216 Å². The molecule has 0 radical (unpaired) electrons. The molecule has 0 N–H and O–H groups in total. The van der Waals surface area contributed by atoms with E-state index in [1.165, 1.54) is 0 Å². The van der Waals surface area contributed by atoms with Crippen molar-refractivity contribution in [3.05, 3.63) is 307 Å². The van der Waals surface area contributed by atoms with Crippen molar-refractivity contribution in [1.82, 2.24) is 9.13 Å². The number of rotatable bonds is 12. The van der Waals surface area contributed by atoms with Crippen molar-refractivity contribution in [1.29, 1.82) is 0 Å². The predicted molar refractivity (Wildman–Crippen MR) is 462 cm³/mol. The minimum absolute atomic E-state index is 0.130. The van der Waals surface area contributed by atoms with Gasteiger partial charge < -0.3 is 18.9 Å². The third-order valence-corrected chi connectivity index (χ3v) is 20.9. The van der Waals surface area contributed by atoms with E-state index in [9.17, 15) is 16.4 Å². The van der Waals surface area contributed by atoms with E-state index in [-0.39, 0.29) is 68.9 Å². The van der Waals surface area contributed by atoms with Crippen molar-refractivity contribution >= 4 is 101 Å². The van der Waals surface area contributed by atoms with Crippen LogP contribution in [-0.4, -0.2) is 15.8 Å². The Bertz CT molecular complexity index is 6160. The van der Waals surface area contributed by atoms with Crippen LogP contribution in [0.4, 0.5) is 34.1 Å². The largest absolute Gasteiger partial charge is 0.310 e. The summed E-state index contributed by atoms with van der Waals surface area (Å²) in [6.07, 6.45) is -2.21. The maximum atomic E-state index is 10.0. The molecule has 4 heterocycles. The fourth-order valence-corrected chi connectivity index (χ4v) is 16.8. The molecule has 5 heteroatoms. The highest BCUT2D eigenvalue weighted by atomic mass is 15.2. The van der Waals surface area contributed by atoms with Crippen LogP contribution in [0.2, 0.25) is 0 Å². The standard InChI is InChI=1S/C102H99BN4/c1-98(2,3)62-66-44-50-89-83(52-66)77-40-28-30-42-87(77)104(89)75-46-48-85-91(60-75)106(96-79(70-32-20-16-21-33-70)54-68(64-100(7,8)9)55-80(96)71-34-22-17-23-35-71)93-58-74(102(13,14)15)59-94-95(93)103(85)86-49-47-76(105-88-43-31-29-41-78(88)84-53-67(45-51-90(84)105)63-99(4,5)6)61-92(86)107(94)97-81(72-36-24-18-25-37-72)56-69(65-101(10,11)12)57-82(97)73-38-26-19-27-39-73/h16-61H,62-65H2,1-15H3/i28D,29D,30D,31D,40D,41D,42D,43D,62D2,63D2. The first-order valence-corrected chi connectivity index (χ1v) is 37.8. The molecule has 0 fully saturated rings. The maximum absolute atomic E-state index is 10.0. The second-order valence-corrected chi connectivity index (χ2v) is 35.1. The number of nitrogens with zero attached hydrogens (tertiary/aromatic N) is 4. The van der Waals surface area contributed by atoms with E-state index in [0.717, 1.165) is 125 Å². The monoisotopic (exact) mass is 1400 g/mol. The fraction of sp³-hybridized carbons (Fsp3) is 0.235. The number of anilines is 6. The molecule has 107 heavy (non-hydrogen) atoms. The molecule has 15 aromatic rings. The summed E-state index contributed by atoms with van der Waals surface area (Å²) in [7, 11) is 0. The summed E-state index contributed by atoms with van der Waals surface area (Å²) in [6, 6.07) is 78.3. The highest BCUT2D eigenvalue weighted by Crippen LogP contribution is 2.55. The molecule has 13 aromatic carbocycles. The number of hydrogen-bond acceptors (Lipinski definition) is 2. The molecule has 0 amide bonds. The van der Waals surface area contributed by atoms with Crippen molar-refractivity contribution in [3.63, 3.8) is 0 Å². The average molecular weight is 1400 g/mol. The average Bonchev–Trinajstić information content (AvgIpc) is 0.765. The lowest BCUT2D eigenvalue weighted by atomic mass is 9.33. The molecule has 0 bridgehead atoms. The van der Waals surface area contributed by atoms with Gasteiger partial charge in [0, 0.05) is 83.4 Å². The zero-order valence-corrected chi connectivity index (χ0v) is 64.2. The summed E-state index contributed by atoms with van der Waals surface area (Å²) < 4.78 is 120. The zero-order valence-electron chi connectivity index (χ0n) is 76.2. The fourth-order valence-electron chi connectivity index (χ4n) is 16.8. The van der Waals surface area contributed by atoms with E-state index in [4.69, 9.17) is 0 Å². The molecular weight excluding hydrogens is 1290 g/mol. The summed E-state index contributed by atoms with van der Waals surface area (Å²) in [5.74, 6) is 0. The maximum Gasteiger partial charge on any atom is 0.252 e. The van der Waals surface area contributed by atoms with E-state index in [1.54, 1.807) is 24.3 Å². The Morgan fingerprint density at radius 1 is 0.318 bits per heavy atom. The van der Waals surface area contributed by atoms with Crippen LogP contribution in [0.5, 0.6) is 0 Å². The Morgan fingerprint density at radius 3 is 0.991 bits per heavy atom. The van der Waals surface area contributed by atoms with Crippen molar-refractivity contribution in [2.75, 3.05) is 9.80 Å². The predicted octanol–water partition coefficient (Wildman–Crippen LogP) is 26.3. The summed E-state index contributed by atoms with van der Waals surface area (Å²) in [6.45, 7) is 31.1. The second kappa shape index (κ2) is 26.0. The Kier molecular flexibility index (Phi) is 13.7. The summed E-state index contributed by atoms with van der Waals surface area (Å²) >= 11 is 0. The van der Waals surface area contributed by atoms with Gasteiger partial charge >= 0.3 is 0 Å². The van der Waals surface area contributed by atoms with E-state index in [1.807, 2.05) is 62.8 Å². The highest BCUT2D eigenvalue weighted by Gasteiger charge is 2.47. The topological polar surface area (TPSA) is 16.3 Å². The molecule has 2 aliphatic rings. The molecule has 17 rings (SSSR count). The van der Waals surface area contributed by atoms with Crippen LogP contribution >= 0.6 is 0 Å². The number of hydrogen-bond donors (Lipinski definition) is 0. The summed E-state index contributed by atoms with van der Waals surface area (Å²) in [5.41, 5.74) is 20.4. The van der Waals surface area contributed by atoms with Crippen LogP contribution in [0.15, 0.2) is 279 Å². The molecule has 2 aliphatic heterocycles. The van der Waals surface area contributed by atoms with Crippen LogP contribution in [-0.2, 0) is 31.0 Å². The molecule has 0 saturated carbocycles. The smallest absolute Gasteiger partial charge is 0.252 e. The molecule has 0 aliphatic carbocycles. The first-order valence-electron chi connectivity index (χ1n) is 43.8. The van der Waals surface area contributed by atoms with Gasteiger partial charge in [0.2, 0.25) is 0 Å². The third kappa shape index (κ3) is 12.9. The highest BCUT2D eigenvalue weighted by molar-refractivity contribution is 7.00. The van der Waals surface area contributed by atoms with Crippen LogP contribution < -0.4 is 26.2 Å². The molecular formula is C102H99BN4. The molecule has 0 spiro atoms. The number of para-hydroxylation sites is 2. The Balaban J connectivity index is 1.08. The summed E-state index contributed by atoms with van der Waals surface area (Å²) in [5, 5.41) is 1.54. The lowest BCUT2D eigenvalue weighted by molar-refractivity contribution is 0.411. The van der Waals surface area contributed by atoms with Gasteiger partial charge in [-0.15, -0.1) is 0 Å². The second-order valence-electron chi connectivity index (χ2n) is 35.1. The van der Waals surface area contributed by atoms with Gasteiger partial charge in [-0.3, -0.25) is 0 Å². The molecule has 2 aromatic heterocycles. The first kappa shape index (κ1) is 56.5. The summed E-state index contributed by atoms with van der Waals surface area (Å²) in [4.78, 5) is 4.99. The number of aromatic nitrogens is 2. The van der Waals surface area contributed by atoms with Crippen molar-refractivity contribution in [2.24, 2.45) is 21.7 Å². The lowest BCUT2D eigenvalue weighted by Crippen LogP contribution is -2.61. The van der Waals surface area contributed by atoms with Gasteiger partial charge in [-0.1, -0.05) is 286 Å². The van der Waals surface area contributed by atoms with Crippen LogP contribution in [0.25, 0.3) is 99.5 Å². The molecule has 0 saturated heterocycles. The normalized spacial score (nSPS) is 15.1. The van der Waals surface area contributed by atoms with Crippen molar-refractivity contribution in [3.8, 4) is 55.9 Å². The van der Waals surface area contributed by atoms with Gasteiger partial charge in [0.1, 0.15) is 0 Å². The van der Waals surface area contributed by atoms with Crippen molar-refractivity contribution < 1.29 is 16.4 Å². The third-order valence-electron chi connectivity index (χ3n) is 20.9. The van der Waals surface area contributed by atoms with E-state index < -0.39 is 47.8 Å². The zero-order chi connectivity index (χ0) is 84.8. The SMILES string of the molecule is [2H]c1c([2H])c([2H])c2c(c1[2H])c1cc(C([2H])([2H])C(C)(C)C)ccc1n2-c1ccc2c(c1)N(c1c(-c3ccccc3)cc(CC(C)(C)C)cc1-c1ccccc1)c1cc(C(C)(C)C)cc3c1B2c1ccc(-n2c4ccc(C([2H])([2H])C(C)(C)C)cc4c4c([2H])c([2H])c([2H])c([2H])c42)cc1N3c1c(-c2ccccc2)cc(CC(C)(C)C)cc1-c1ccccc1. The van der Waals surface area contributed by atoms with Crippen LogP contribution in [0, 0.1) is 21.7 Å². The Labute approximate surface area is 652 Å². The molecule has 530 valence electrons. The number of benzene rings is 13. The number of fused-ring (bicyclic) bond motifs is 10. The van der Waals surface area contributed by atoms with Crippen LogP contribution in [0.3, 0.4) is 0 Å². The van der Waals surface area contributed by atoms with E-state index in [2.05, 4.69) is 266 Å². The van der Waals surface area contributed by atoms with Gasteiger partial charge in [0.15, 0.2) is 0 Å².